The molecule has 222 valence electrons. The molecular formula is C31H38N6O4S. The summed E-state index contributed by atoms with van der Waals surface area (Å²) in [4.78, 5) is 19.2. The van der Waals surface area contributed by atoms with Crippen LogP contribution in [-0.4, -0.2) is 65.2 Å². The van der Waals surface area contributed by atoms with Gasteiger partial charge in [0.15, 0.2) is 6.29 Å². The van der Waals surface area contributed by atoms with E-state index >= 15 is 0 Å². The number of pyridine rings is 1. The minimum atomic E-state index is -1.34. The Kier molecular flexibility index (Phi) is 8.37. The zero-order chi connectivity index (χ0) is 29.3. The Labute approximate surface area is 248 Å². The third-order valence-electron chi connectivity index (χ3n) is 8.24. The zero-order valence-corrected chi connectivity index (χ0v) is 24.5. The van der Waals surface area contributed by atoms with E-state index in [0.717, 1.165) is 70.1 Å². The molecular weight excluding hydrogens is 552 g/mol. The molecule has 0 spiro atoms. The lowest BCUT2D eigenvalue weighted by molar-refractivity contribution is -0.0424. The molecule has 0 saturated heterocycles. The highest BCUT2D eigenvalue weighted by atomic mass is 32.1. The smallest absolute Gasteiger partial charge is 0.225 e. The summed E-state index contributed by atoms with van der Waals surface area (Å²) in [5.41, 5.74) is 3.81. The molecule has 0 aliphatic heterocycles. The van der Waals surface area contributed by atoms with Crippen molar-refractivity contribution in [1.29, 1.82) is 0 Å². The summed E-state index contributed by atoms with van der Waals surface area (Å²) < 4.78 is 1.15. The molecule has 6 N–H and O–H groups in total. The van der Waals surface area contributed by atoms with Crippen molar-refractivity contribution in [1.82, 2.24) is 19.9 Å². The first-order valence-corrected chi connectivity index (χ1v) is 15.5. The summed E-state index contributed by atoms with van der Waals surface area (Å²) in [5, 5.41) is 44.8. The summed E-state index contributed by atoms with van der Waals surface area (Å²) in [5.74, 6) is 2.17. The first-order chi connectivity index (χ1) is 20.3. The SMILES string of the molecule is Cc1nc(NCC2(O)CC2)nc(NC2CCC(CO)C2)c1-c1nc2c(C3CC3)nccc2s1.OC(O)c1ccccc1. The Morgan fingerprint density at radius 1 is 1.02 bits per heavy atom. The molecule has 0 bridgehead atoms. The maximum atomic E-state index is 10.2. The van der Waals surface area contributed by atoms with Gasteiger partial charge in [-0.05, 0) is 63.9 Å². The number of benzene rings is 1. The van der Waals surface area contributed by atoms with E-state index in [-0.39, 0.29) is 12.6 Å². The molecule has 11 heteroatoms. The van der Waals surface area contributed by atoms with Gasteiger partial charge in [0.25, 0.3) is 0 Å². The number of fused-ring (bicyclic) bond motifs is 1. The number of hydrogen-bond acceptors (Lipinski definition) is 11. The molecule has 3 heterocycles. The van der Waals surface area contributed by atoms with Crippen LogP contribution in [0.5, 0.6) is 0 Å². The molecule has 3 aromatic heterocycles. The fraction of sp³-hybridized carbons (Fsp3) is 0.484. The van der Waals surface area contributed by atoms with Gasteiger partial charge in [0, 0.05) is 36.9 Å². The number of aliphatic hydroxyl groups is 4. The van der Waals surface area contributed by atoms with E-state index < -0.39 is 11.9 Å². The monoisotopic (exact) mass is 590 g/mol. The van der Waals surface area contributed by atoms with Gasteiger partial charge in [-0.25, -0.2) is 9.97 Å². The van der Waals surface area contributed by atoms with E-state index in [2.05, 4.69) is 15.6 Å². The fourth-order valence-corrected chi connectivity index (χ4v) is 6.47. The van der Waals surface area contributed by atoms with Gasteiger partial charge in [0.1, 0.15) is 16.3 Å². The van der Waals surface area contributed by atoms with E-state index in [4.69, 9.17) is 25.2 Å². The average Bonchev–Trinajstić information content (AvgIpc) is 3.88. The molecule has 3 saturated carbocycles. The minimum Gasteiger partial charge on any atom is -0.396 e. The standard InChI is InChI=1S/C24H30N6O2S.C7H8O2/c1-13-18(22-29-20-17(33-22)6-9-25-19(20)15-3-4-15)21(28-16-5-2-14(10-16)11-31)30-23(27-13)26-12-24(32)7-8-24;8-7(9)6-4-2-1-3-5-6/h6,9,14-16,31-32H,2-5,7-8,10-12H2,1H3,(H2,26,27,28,30);1-5,7-9H. The molecule has 4 aromatic rings. The quantitative estimate of drug-likeness (QED) is 0.153. The number of aryl methyl sites for hydroxylation is 1. The number of anilines is 2. The Morgan fingerprint density at radius 3 is 2.45 bits per heavy atom. The maximum Gasteiger partial charge on any atom is 0.225 e. The molecule has 3 aliphatic carbocycles. The van der Waals surface area contributed by atoms with Crippen molar-refractivity contribution in [3.8, 4) is 10.6 Å². The summed E-state index contributed by atoms with van der Waals surface area (Å²) in [6, 6.07) is 11.0. The van der Waals surface area contributed by atoms with E-state index in [1.165, 1.54) is 12.8 Å². The minimum absolute atomic E-state index is 0.230. The number of aromatic nitrogens is 4. The third kappa shape index (κ3) is 6.71. The van der Waals surface area contributed by atoms with Crippen LogP contribution < -0.4 is 10.6 Å². The van der Waals surface area contributed by atoms with Crippen LogP contribution in [0.4, 0.5) is 11.8 Å². The summed E-state index contributed by atoms with van der Waals surface area (Å²) >= 11 is 1.66. The van der Waals surface area contributed by atoms with Gasteiger partial charge < -0.3 is 31.1 Å². The van der Waals surface area contributed by atoms with Crippen molar-refractivity contribution < 1.29 is 20.4 Å². The van der Waals surface area contributed by atoms with Crippen molar-refractivity contribution >= 4 is 33.3 Å². The van der Waals surface area contributed by atoms with Gasteiger partial charge in [0.05, 0.1) is 27.3 Å². The molecule has 7 rings (SSSR count). The first kappa shape index (κ1) is 28.9. The van der Waals surface area contributed by atoms with Crippen molar-refractivity contribution in [3.05, 3.63) is 59.5 Å². The lowest BCUT2D eigenvalue weighted by Crippen LogP contribution is -2.23. The second-order valence-corrected chi connectivity index (χ2v) is 12.8. The van der Waals surface area contributed by atoms with Crippen LogP contribution in [-0.2, 0) is 0 Å². The highest BCUT2D eigenvalue weighted by Gasteiger charge is 2.40. The van der Waals surface area contributed by atoms with Gasteiger partial charge in [-0.2, -0.15) is 4.98 Å². The number of rotatable bonds is 9. The van der Waals surface area contributed by atoms with Crippen molar-refractivity contribution in [2.75, 3.05) is 23.8 Å². The second-order valence-electron chi connectivity index (χ2n) is 11.8. The zero-order valence-electron chi connectivity index (χ0n) is 23.7. The molecule has 0 radical (unpaired) electrons. The van der Waals surface area contributed by atoms with Gasteiger partial charge in [-0.3, -0.25) is 4.98 Å². The van der Waals surface area contributed by atoms with Gasteiger partial charge in [-0.1, -0.05) is 30.3 Å². The van der Waals surface area contributed by atoms with E-state index in [1.807, 2.05) is 25.3 Å². The van der Waals surface area contributed by atoms with Crippen LogP contribution in [0, 0.1) is 12.8 Å². The highest BCUT2D eigenvalue weighted by Crippen LogP contribution is 2.44. The number of nitrogens with zero attached hydrogens (tertiary/aromatic N) is 4. The Bertz CT molecular complexity index is 1520. The lowest BCUT2D eigenvalue weighted by atomic mass is 10.1. The Hall–Kier alpha value is -3.22. The van der Waals surface area contributed by atoms with Gasteiger partial charge in [0.2, 0.25) is 5.95 Å². The average molecular weight is 591 g/mol. The predicted octanol–water partition coefficient (Wildman–Crippen LogP) is 4.51. The maximum absolute atomic E-state index is 10.2. The fourth-order valence-electron chi connectivity index (χ4n) is 5.40. The molecule has 2 unspecified atom stereocenters. The van der Waals surface area contributed by atoms with Gasteiger partial charge >= 0.3 is 0 Å². The normalized spacial score (nSPS) is 20.8. The second kappa shape index (κ2) is 12.2. The van der Waals surface area contributed by atoms with Crippen LogP contribution in [0.1, 0.15) is 74.1 Å². The molecule has 10 nitrogen and oxygen atoms in total. The van der Waals surface area contributed by atoms with Crippen molar-refractivity contribution in [2.24, 2.45) is 5.92 Å². The van der Waals surface area contributed by atoms with Crippen LogP contribution >= 0.6 is 11.3 Å². The number of aliphatic hydroxyl groups excluding tert-OH is 2. The van der Waals surface area contributed by atoms with Crippen LogP contribution in [0.15, 0.2) is 42.6 Å². The largest absolute Gasteiger partial charge is 0.396 e. The van der Waals surface area contributed by atoms with E-state index in [0.29, 0.717) is 29.9 Å². The molecule has 42 heavy (non-hydrogen) atoms. The van der Waals surface area contributed by atoms with E-state index in [9.17, 15) is 10.2 Å². The topological polar surface area (TPSA) is 157 Å². The Balaban J connectivity index is 0.000000302. The number of hydrogen-bond donors (Lipinski definition) is 6. The molecule has 0 amide bonds. The van der Waals surface area contributed by atoms with Crippen LogP contribution in [0.2, 0.25) is 0 Å². The first-order valence-electron chi connectivity index (χ1n) is 14.7. The van der Waals surface area contributed by atoms with Gasteiger partial charge in [-0.15, -0.1) is 11.3 Å². The molecule has 1 aromatic carbocycles. The molecule has 2 atom stereocenters. The predicted molar refractivity (Wildman–Crippen MR) is 163 cm³/mol. The highest BCUT2D eigenvalue weighted by molar-refractivity contribution is 7.21. The number of thiazole rings is 1. The van der Waals surface area contributed by atoms with Crippen LogP contribution in [0.25, 0.3) is 20.8 Å². The molecule has 3 fully saturated rings. The Morgan fingerprint density at radius 2 is 1.81 bits per heavy atom. The third-order valence-corrected chi connectivity index (χ3v) is 9.28. The number of nitrogens with one attached hydrogen (secondary N) is 2. The van der Waals surface area contributed by atoms with E-state index in [1.54, 1.807) is 35.6 Å². The van der Waals surface area contributed by atoms with Crippen molar-refractivity contribution in [3.63, 3.8) is 0 Å². The molecule has 3 aliphatic rings. The summed E-state index contributed by atoms with van der Waals surface area (Å²) in [7, 11) is 0. The summed E-state index contributed by atoms with van der Waals surface area (Å²) in [6.45, 7) is 2.68. The lowest BCUT2D eigenvalue weighted by Gasteiger charge is -2.19. The summed E-state index contributed by atoms with van der Waals surface area (Å²) in [6.07, 6.45) is 7.51. The van der Waals surface area contributed by atoms with Crippen LogP contribution in [0.3, 0.4) is 0 Å². The van der Waals surface area contributed by atoms with Crippen molar-refractivity contribution in [2.45, 2.75) is 75.7 Å².